The van der Waals surface area contributed by atoms with Crippen molar-refractivity contribution in [3.05, 3.63) is 18.2 Å². The van der Waals surface area contributed by atoms with Gasteiger partial charge in [0.1, 0.15) is 12.4 Å². The highest BCUT2D eigenvalue weighted by molar-refractivity contribution is 4.84. The van der Waals surface area contributed by atoms with Crippen LogP contribution in [0.5, 0.6) is 0 Å². The first-order valence-corrected chi connectivity index (χ1v) is 23.9. The van der Waals surface area contributed by atoms with Crippen LogP contribution in [0.4, 0.5) is 0 Å². The lowest BCUT2D eigenvalue weighted by Gasteiger charge is -2.07. The minimum Gasteiger partial charge on any atom is -0.234 e. The van der Waals surface area contributed by atoms with E-state index in [1.165, 1.54) is 270 Å². The van der Waals surface area contributed by atoms with Gasteiger partial charge in [-0.15, -0.1) is 0 Å². The Hall–Kier alpha value is -0.790. The molecule has 0 aliphatic heterocycles. The van der Waals surface area contributed by atoms with Crippen LogP contribution >= 0.6 is 0 Å². The molecule has 0 unspecified atom stereocenters. The average molecular weight is 700 g/mol. The first kappa shape index (κ1) is 47.2. The van der Waals surface area contributed by atoms with Crippen molar-refractivity contribution in [1.29, 1.82) is 0 Å². The molecule has 50 heavy (non-hydrogen) atoms. The highest BCUT2D eigenvalue weighted by Crippen LogP contribution is 2.17. The second-order valence-corrected chi connectivity index (χ2v) is 16.6. The van der Waals surface area contributed by atoms with Gasteiger partial charge in [0.25, 0.3) is 5.82 Å². The average Bonchev–Trinajstić information content (AvgIpc) is 3.51. The van der Waals surface area contributed by atoms with Crippen LogP contribution in [-0.4, -0.2) is 4.57 Å². The summed E-state index contributed by atoms with van der Waals surface area (Å²) in [6.45, 7) is 9.41. The Balaban J connectivity index is 2.19. The van der Waals surface area contributed by atoms with Crippen LogP contribution in [0.3, 0.4) is 0 Å². The molecule has 0 saturated carbocycles. The summed E-state index contributed by atoms with van der Waals surface area (Å²) in [6.07, 6.45) is 62.3. The molecule has 0 aliphatic rings. The van der Waals surface area contributed by atoms with E-state index in [1.807, 2.05) is 0 Å². The molecule has 0 aliphatic carbocycles. The molecule has 296 valence electrons. The second kappa shape index (κ2) is 39.4. The molecule has 0 N–H and O–H groups in total. The van der Waals surface area contributed by atoms with E-state index in [1.54, 1.807) is 5.82 Å². The molecule has 0 saturated heterocycles. The standard InChI is InChI=1S/C48H95N2/c1-4-7-10-13-16-18-20-22-24-26-28-30-32-34-37-40-43-48-49(44-41-38-35-15-12-9-6-3)46-47-50(48)45-42-39-36-33-31-29-27-25-23-21-19-17-14-11-8-5-2/h46-47H,4-45H2,1-3H3/q+1. The lowest BCUT2D eigenvalue weighted by atomic mass is 10.0. The molecule has 0 bridgehead atoms. The largest absolute Gasteiger partial charge is 0.256 e. The van der Waals surface area contributed by atoms with E-state index in [2.05, 4.69) is 42.3 Å². The van der Waals surface area contributed by atoms with E-state index in [9.17, 15) is 0 Å². The number of rotatable bonds is 42. The fraction of sp³-hybridized carbons (Fsp3) is 0.938. The molecule has 0 spiro atoms. The van der Waals surface area contributed by atoms with Gasteiger partial charge < -0.3 is 0 Å². The number of unbranched alkanes of at least 4 members (excludes halogenated alkanes) is 36. The van der Waals surface area contributed by atoms with Gasteiger partial charge >= 0.3 is 0 Å². The van der Waals surface area contributed by atoms with Gasteiger partial charge in [0.05, 0.1) is 13.1 Å². The quantitative estimate of drug-likeness (QED) is 0.0474. The highest BCUT2D eigenvalue weighted by atomic mass is 15.1. The molecule has 0 amide bonds. The van der Waals surface area contributed by atoms with E-state index in [-0.39, 0.29) is 0 Å². The molecule has 0 aromatic carbocycles. The fourth-order valence-corrected chi connectivity index (χ4v) is 8.09. The first-order chi connectivity index (χ1) is 24.8. The van der Waals surface area contributed by atoms with Gasteiger partial charge in [0.2, 0.25) is 0 Å². The Kier molecular flexibility index (Phi) is 37.2. The number of nitrogens with zero attached hydrogens (tertiary/aromatic N) is 2. The highest BCUT2D eigenvalue weighted by Gasteiger charge is 2.16. The van der Waals surface area contributed by atoms with Gasteiger partial charge in [-0.05, 0) is 32.1 Å². The summed E-state index contributed by atoms with van der Waals surface area (Å²) in [4.78, 5) is 0. The van der Waals surface area contributed by atoms with Crippen molar-refractivity contribution < 1.29 is 4.57 Å². The summed E-state index contributed by atoms with van der Waals surface area (Å²) in [5.41, 5.74) is 0. The zero-order chi connectivity index (χ0) is 35.8. The molecule has 1 aromatic heterocycles. The number of aromatic nitrogens is 2. The summed E-state index contributed by atoms with van der Waals surface area (Å²) in [5, 5.41) is 0. The minimum absolute atomic E-state index is 1.23. The first-order valence-electron chi connectivity index (χ1n) is 23.9. The van der Waals surface area contributed by atoms with Crippen LogP contribution in [-0.2, 0) is 19.5 Å². The summed E-state index contributed by atoms with van der Waals surface area (Å²) in [6, 6.07) is 0. The predicted molar refractivity (Wildman–Crippen MR) is 225 cm³/mol. The van der Waals surface area contributed by atoms with Gasteiger partial charge in [-0.2, -0.15) is 0 Å². The molecule has 0 radical (unpaired) electrons. The number of hydrogen-bond acceptors (Lipinski definition) is 0. The third-order valence-electron chi connectivity index (χ3n) is 11.6. The smallest absolute Gasteiger partial charge is 0.234 e. The fourth-order valence-electron chi connectivity index (χ4n) is 8.09. The lowest BCUT2D eigenvalue weighted by molar-refractivity contribution is -0.704. The summed E-state index contributed by atoms with van der Waals surface area (Å²) >= 11 is 0. The molecule has 1 heterocycles. The van der Waals surface area contributed by atoms with Gasteiger partial charge in [0.15, 0.2) is 0 Å². The van der Waals surface area contributed by atoms with Crippen molar-refractivity contribution in [2.75, 3.05) is 0 Å². The van der Waals surface area contributed by atoms with Crippen molar-refractivity contribution in [2.24, 2.45) is 0 Å². The van der Waals surface area contributed by atoms with Crippen molar-refractivity contribution in [3.8, 4) is 0 Å². The van der Waals surface area contributed by atoms with E-state index in [0.717, 1.165) is 0 Å². The Morgan fingerprint density at radius 2 is 0.620 bits per heavy atom. The zero-order valence-electron chi connectivity index (χ0n) is 35.2. The Labute approximate surface area is 317 Å². The maximum Gasteiger partial charge on any atom is 0.256 e. The van der Waals surface area contributed by atoms with E-state index in [4.69, 9.17) is 0 Å². The Morgan fingerprint density at radius 1 is 0.340 bits per heavy atom. The van der Waals surface area contributed by atoms with E-state index < -0.39 is 0 Å². The molecule has 1 rings (SSSR count). The van der Waals surface area contributed by atoms with Crippen molar-refractivity contribution >= 4 is 0 Å². The van der Waals surface area contributed by atoms with Crippen molar-refractivity contribution in [1.82, 2.24) is 4.57 Å². The van der Waals surface area contributed by atoms with Crippen molar-refractivity contribution in [3.63, 3.8) is 0 Å². The van der Waals surface area contributed by atoms with Gasteiger partial charge in [-0.25, -0.2) is 9.13 Å². The molecule has 2 heteroatoms. The normalized spacial score (nSPS) is 11.7. The van der Waals surface area contributed by atoms with E-state index in [0.29, 0.717) is 0 Å². The van der Waals surface area contributed by atoms with Crippen LogP contribution < -0.4 is 4.57 Å². The predicted octanol–water partition coefficient (Wildman–Crippen LogP) is 16.6. The van der Waals surface area contributed by atoms with Crippen LogP contribution in [0.1, 0.15) is 277 Å². The summed E-state index contributed by atoms with van der Waals surface area (Å²) in [7, 11) is 0. The van der Waals surface area contributed by atoms with E-state index >= 15 is 0 Å². The van der Waals surface area contributed by atoms with Crippen LogP contribution in [0.15, 0.2) is 12.4 Å². The minimum atomic E-state index is 1.23. The van der Waals surface area contributed by atoms with Crippen LogP contribution in [0, 0.1) is 0 Å². The zero-order valence-corrected chi connectivity index (χ0v) is 35.2. The molecular formula is C48H95N2+. The summed E-state index contributed by atoms with van der Waals surface area (Å²) < 4.78 is 5.29. The summed E-state index contributed by atoms with van der Waals surface area (Å²) in [5.74, 6) is 1.63. The maximum absolute atomic E-state index is 2.65. The SMILES string of the molecule is CCCCCCCCCCCCCCCCCCc1n(CCCCCCCCCCCCCCCCCC)cc[n+]1CCCCCCCCC. The molecule has 0 fully saturated rings. The molecule has 0 atom stereocenters. The Morgan fingerprint density at radius 3 is 0.960 bits per heavy atom. The van der Waals surface area contributed by atoms with Gasteiger partial charge in [0, 0.05) is 6.42 Å². The third-order valence-corrected chi connectivity index (χ3v) is 11.6. The topological polar surface area (TPSA) is 8.81 Å². The number of hydrogen-bond donors (Lipinski definition) is 0. The van der Waals surface area contributed by atoms with Crippen LogP contribution in [0.25, 0.3) is 0 Å². The Bertz CT molecular complexity index is 766. The molecule has 2 nitrogen and oxygen atoms in total. The molecular weight excluding hydrogens is 605 g/mol. The monoisotopic (exact) mass is 700 g/mol. The maximum atomic E-state index is 2.65. The second-order valence-electron chi connectivity index (χ2n) is 16.6. The van der Waals surface area contributed by atoms with Gasteiger partial charge in [-0.3, -0.25) is 0 Å². The van der Waals surface area contributed by atoms with Crippen LogP contribution in [0.2, 0.25) is 0 Å². The van der Waals surface area contributed by atoms with Crippen molar-refractivity contribution in [2.45, 2.75) is 291 Å². The lowest BCUT2D eigenvalue weighted by Crippen LogP contribution is -2.37. The third kappa shape index (κ3) is 30.8. The molecule has 1 aromatic rings. The van der Waals surface area contributed by atoms with Gasteiger partial charge in [-0.1, -0.05) is 239 Å². The number of imidazole rings is 1. The number of aryl methyl sites for hydroxylation is 2.